The Morgan fingerprint density at radius 1 is 1.20 bits per heavy atom. The fraction of sp³-hybridized carbons (Fsp3) is 0.440. The molecule has 0 radical (unpaired) electrons. The molecule has 0 saturated heterocycles. The number of nitrogens with zero attached hydrogens (tertiary/aromatic N) is 4. The van der Waals surface area contributed by atoms with Gasteiger partial charge in [-0.1, -0.05) is 35.3 Å². The Morgan fingerprint density at radius 2 is 1.88 bits per heavy atom. The Balaban J connectivity index is 1.33. The van der Waals surface area contributed by atoms with Gasteiger partial charge in [-0.2, -0.15) is 18.2 Å². The van der Waals surface area contributed by atoms with Crippen molar-refractivity contribution in [3.05, 3.63) is 57.8 Å². The Kier molecular flexibility index (Phi) is 7.51. The molecular weight excluding hydrogens is 594 g/mol. The molecule has 1 N–H and O–H groups in total. The molecule has 2 aliphatic carbocycles. The number of aromatic nitrogens is 3. The second-order valence-electron chi connectivity index (χ2n) is 9.90. The van der Waals surface area contributed by atoms with Gasteiger partial charge in [0.2, 0.25) is 11.8 Å². The van der Waals surface area contributed by atoms with Crippen LogP contribution in [0.1, 0.15) is 55.8 Å². The van der Waals surface area contributed by atoms with E-state index in [0.29, 0.717) is 35.0 Å². The average Bonchev–Trinajstić information content (AvgIpc) is 3.82. The van der Waals surface area contributed by atoms with Crippen LogP contribution in [0.15, 0.2) is 39.9 Å². The largest absolute Gasteiger partial charge is 0.405 e. The highest BCUT2D eigenvalue weighted by Gasteiger charge is 2.53. The lowest BCUT2D eigenvalue weighted by molar-refractivity contribution is -0.122. The fourth-order valence-electron chi connectivity index (χ4n) is 4.46. The van der Waals surface area contributed by atoms with Gasteiger partial charge in [0, 0.05) is 33.4 Å². The van der Waals surface area contributed by atoms with Crippen molar-refractivity contribution in [2.45, 2.75) is 55.0 Å². The number of alkyl halides is 3. The number of rotatable bonds is 10. The van der Waals surface area contributed by atoms with Crippen molar-refractivity contribution in [2.24, 2.45) is 0 Å². The average molecular weight is 618 g/mol. The number of sulfone groups is 1. The van der Waals surface area contributed by atoms with Gasteiger partial charge in [-0.05, 0) is 49.9 Å². The van der Waals surface area contributed by atoms with Crippen LogP contribution >= 0.6 is 23.2 Å². The number of amides is 1. The van der Waals surface area contributed by atoms with Gasteiger partial charge in [0.1, 0.15) is 12.4 Å². The molecule has 0 unspecified atom stereocenters. The van der Waals surface area contributed by atoms with Crippen LogP contribution in [0.2, 0.25) is 10.0 Å². The molecule has 2 aliphatic rings. The third-order valence-electron chi connectivity index (χ3n) is 6.84. The molecule has 40 heavy (non-hydrogen) atoms. The van der Waals surface area contributed by atoms with Gasteiger partial charge < -0.3 is 14.7 Å². The highest BCUT2D eigenvalue weighted by Crippen LogP contribution is 2.57. The van der Waals surface area contributed by atoms with E-state index < -0.39 is 40.4 Å². The number of halogens is 5. The van der Waals surface area contributed by atoms with Crippen LogP contribution in [0.3, 0.4) is 0 Å². The molecular formula is C25H24Cl2F3N5O4S. The van der Waals surface area contributed by atoms with Crippen molar-refractivity contribution in [3.8, 4) is 0 Å². The molecule has 1 aromatic carbocycles. The number of hydrogen-bond donors (Lipinski definition) is 1. The van der Waals surface area contributed by atoms with Gasteiger partial charge in [-0.25, -0.2) is 13.4 Å². The predicted molar refractivity (Wildman–Crippen MR) is 142 cm³/mol. The zero-order valence-electron chi connectivity index (χ0n) is 21.1. The number of anilines is 2. The lowest BCUT2D eigenvalue weighted by Crippen LogP contribution is -2.40. The van der Waals surface area contributed by atoms with Crippen molar-refractivity contribution in [1.82, 2.24) is 15.1 Å². The molecule has 0 atom stereocenters. The molecule has 2 fully saturated rings. The molecule has 214 valence electrons. The van der Waals surface area contributed by atoms with Crippen LogP contribution < -0.4 is 10.2 Å². The number of carbonyl (C=O) groups is 1. The minimum atomic E-state index is -4.66. The van der Waals surface area contributed by atoms with Crippen LogP contribution in [-0.2, 0) is 20.0 Å². The van der Waals surface area contributed by atoms with E-state index in [2.05, 4.69) is 20.4 Å². The molecule has 0 spiro atoms. The summed E-state index contributed by atoms with van der Waals surface area (Å²) in [5, 5.41) is 7.17. The smallest absolute Gasteiger partial charge is 0.339 e. The maximum absolute atomic E-state index is 13.3. The minimum absolute atomic E-state index is 0.127. The Bertz CT molecular complexity index is 1520. The van der Waals surface area contributed by atoms with Crippen molar-refractivity contribution in [2.75, 3.05) is 29.1 Å². The maximum atomic E-state index is 13.3. The lowest BCUT2D eigenvalue weighted by Gasteiger charge is -2.24. The van der Waals surface area contributed by atoms with Crippen LogP contribution in [0.25, 0.3) is 0 Å². The SMILES string of the molecule is CCS(=O)(=O)c1ccc(N(CC(=O)Nc2cc(Cl)c(C3(c4noc(C5CC5)n4)CC3)c(Cl)c2)CC(F)(F)F)nc1. The van der Waals surface area contributed by atoms with Crippen molar-refractivity contribution >= 4 is 50.5 Å². The quantitative estimate of drug-likeness (QED) is 0.315. The number of benzene rings is 1. The fourth-order valence-corrected chi connectivity index (χ4v) is 6.13. The van der Waals surface area contributed by atoms with E-state index in [4.69, 9.17) is 27.7 Å². The van der Waals surface area contributed by atoms with Gasteiger partial charge >= 0.3 is 6.18 Å². The Morgan fingerprint density at radius 3 is 2.40 bits per heavy atom. The summed E-state index contributed by atoms with van der Waals surface area (Å²) in [6.07, 6.45) is -0.254. The summed E-state index contributed by atoms with van der Waals surface area (Å²) in [5.41, 5.74) is 0.192. The second kappa shape index (κ2) is 10.5. The standard InChI is InChI=1S/C25H24Cl2F3N5O4S/c1-2-40(37,38)16-5-6-19(31-11-16)35(13-25(28,29)30)12-20(36)32-15-9-17(26)21(18(27)10-15)24(7-8-24)23-33-22(39-34-23)14-3-4-14/h5-6,9-11,14H,2-4,7-8,12-13H2,1H3,(H,32,36). The second-order valence-corrected chi connectivity index (χ2v) is 13.0. The molecule has 2 saturated carbocycles. The molecule has 15 heteroatoms. The first-order chi connectivity index (χ1) is 18.8. The lowest BCUT2D eigenvalue weighted by atomic mass is 9.94. The van der Waals surface area contributed by atoms with E-state index in [9.17, 15) is 26.4 Å². The highest BCUT2D eigenvalue weighted by molar-refractivity contribution is 7.91. The molecule has 2 heterocycles. The highest BCUT2D eigenvalue weighted by atomic mass is 35.5. The molecule has 3 aromatic rings. The third-order valence-corrected chi connectivity index (χ3v) is 9.16. The summed E-state index contributed by atoms with van der Waals surface area (Å²) in [5.74, 6) is 0.194. The van der Waals surface area contributed by atoms with Gasteiger partial charge in [0.05, 0.1) is 22.6 Å². The first kappa shape index (κ1) is 28.6. The zero-order chi connectivity index (χ0) is 28.9. The third kappa shape index (κ3) is 6.06. The van der Waals surface area contributed by atoms with Crippen LogP contribution in [-0.4, -0.2) is 54.5 Å². The van der Waals surface area contributed by atoms with E-state index in [1.807, 2.05) is 0 Å². The normalized spacial score (nSPS) is 16.6. The maximum Gasteiger partial charge on any atom is 0.405 e. The molecule has 0 bridgehead atoms. The Labute approximate surface area is 238 Å². The van der Waals surface area contributed by atoms with Gasteiger partial charge in [-0.15, -0.1) is 0 Å². The summed E-state index contributed by atoms with van der Waals surface area (Å²) < 4.78 is 69.3. The van der Waals surface area contributed by atoms with Crippen molar-refractivity contribution < 1.29 is 30.9 Å². The number of pyridine rings is 1. The molecule has 1 amide bonds. The molecule has 5 rings (SSSR count). The van der Waals surface area contributed by atoms with Gasteiger partial charge in [0.25, 0.3) is 0 Å². The monoisotopic (exact) mass is 617 g/mol. The first-order valence-corrected chi connectivity index (χ1v) is 14.9. The molecule has 9 nitrogen and oxygen atoms in total. The van der Waals surface area contributed by atoms with E-state index in [-0.39, 0.29) is 38.1 Å². The van der Waals surface area contributed by atoms with E-state index >= 15 is 0 Å². The zero-order valence-corrected chi connectivity index (χ0v) is 23.5. The topological polar surface area (TPSA) is 118 Å². The predicted octanol–water partition coefficient (Wildman–Crippen LogP) is 5.53. The van der Waals surface area contributed by atoms with Crippen LogP contribution in [0, 0.1) is 0 Å². The number of hydrogen-bond acceptors (Lipinski definition) is 8. The summed E-state index contributed by atoms with van der Waals surface area (Å²) in [6.45, 7) is -0.765. The van der Waals surface area contributed by atoms with Gasteiger partial charge in [0.15, 0.2) is 15.7 Å². The Hall–Kier alpha value is -2.90. The summed E-state index contributed by atoms with van der Waals surface area (Å²) in [6, 6.07) is 5.23. The van der Waals surface area contributed by atoms with Crippen molar-refractivity contribution in [3.63, 3.8) is 0 Å². The summed E-state index contributed by atoms with van der Waals surface area (Å²) in [4.78, 5) is 21.8. The van der Waals surface area contributed by atoms with Crippen LogP contribution in [0.5, 0.6) is 0 Å². The minimum Gasteiger partial charge on any atom is -0.339 e. The molecule has 0 aliphatic heterocycles. The number of nitrogens with one attached hydrogen (secondary N) is 1. The number of carbonyl (C=O) groups excluding carboxylic acids is 1. The van der Waals surface area contributed by atoms with Gasteiger partial charge in [-0.3, -0.25) is 4.79 Å². The first-order valence-electron chi connectivity index (χ1n) is 12.5. The van der Waals surface area contributed by atoms with E-state index in [0.717, 1.165) is 31.2 Å². The summed E-state index contributed by atoms with van der Waals surface area (Å²) in [7, 11) is -3.60. The van der Waals surface area contributed by atoms with E-state index in [1.54, 1.807) is 0 Å². The van der Waals surface area contributed by atoms with Crippen molar-refractivity contribution in [1.29, 1.82) is 0 Å². The summed E-state index contributed by atoms with van der Waals surface area (Å²) >= 11 is 13.2. The molecule has 2 aromatic heterocycles. The van der Waals surface area contributed by atoms with Crippen LogP contribution in [0.4, 0.5) is 24.7 Å². The van der Waals surface area contributed by atoms with E-state index in [1.165, 1.54) is 19.1 Å².